The van der Waals surface area contributed by atoms with Gasteiger partial charge in [-0.3, -0.25) is 14.9 Å². The van der Waals surface area contributed by atoms with E-state index in [-0.39, 0.29) is 24.5 Å². The number of halogens is 2. The number of hydrazone groups is 1. The van der Waals surface area contributed by atoms with Gasteiger partial charge in [0.2, 0.25) is 5.91 Å². The summed E-state index contributed by atoms with van der Waals surface area (Å²) in [5.41, 5.74) is 3.99. The van der Waals surface area contributed by atoms with Crippen LogP contribution in [0.4, 0.5) is 0 Å². The van der Waals surface area contributed by atoms with Gasteiger partial charge in [0.15, 0.2) is 6.61 Å². The van der Waals surface area contributed by atoms with Crippen LogP contribution in [-0.4, -0.2) is 61.3 Å². The van der Waals surface area contributed by atoms with E-state index in [2.05, 4.69) is 37.1 Å². The number of aliphatic hydroxyl groups excluding tert-OH is 1. The first-order valence-electron chi connectivity index (χ1n) is 12.8. The summed E-state index contributed by atoms with van der Waals surface area (Å²) in [5.74, 6) is 1.34. The Bertz CT molecular complexity index is 1160. The molecule has 0 saturated carbocycles. The molecule has 2 aromatic carbocycles. The van der Waals surface area contributed by atoms with E-state index in [1.807, 2.05) is 19.9 Å². The van der Waals surface area contributed by atoms with Gasteiger partial charge in [-0.1, -0.05) is 11.6 Å². The third-order valence-corrected chi connectivity index (χ3v) is 6.43. The summed E-state index contributed by atoms with van der Waals surface area (Å²) in [6.45, 7) is 4.98. The van der Waals surface area contributed by atoms with Crippen LogP contribution in [0.15, 0.2) is 46.0 Å². The Morgan fingerprint density at radius 2 is 1.92 bits per heavy atom. The van der Waals surface area contributed by atoms with Crippen molar-refractivity contribution in [3.05, 3.63) is 51.5 Å². The predicted molar refractivity (Wildman–Crippen MR) is 153 cm³/mol. The Labute approximate surface area is 241 Å². The second-order valence-corrected chi connectivity index (χ2v) is 10.4. The van der Waals surface area contributed by atoms with Crippen LogP contribution in [0.1, 0.15) is 45.1 Å². The maximum atomic E-state index is 12.1. The Hall–Kier alpha value is -2.86. The minimum Gasteiger partial charge on any atom is -0.493 e. The van der Waals surface area contributed by atoms with Gasteiger partial charge in [0.05, 0.1) is 28.4 Å². The van der Waals surface area contributed by atoms with Gasteiger partial charge in [0.25, 0.3) is 5.91 Å². The minimum atomic E-state index is -0.613. The lowest BCUT2D eigenvalue weighted by Crippen LogP contribution is -2.35. The van der Waals surface area contributed by atoms with Gasteiger partial charge in [0.1, 0.15) is 23.5 Å². The number of carbonyl (C=O) groups is 2. The van der Waals surface area contributed by atoms with E-state index in [0.717, 1.165) is 15.7 Å². The van der Waals surface area contributed by atoms with E-state index in [1.165, 1.54) is 0 Å². The standard InChI is InChI=1S/C27H34BrClN4O6/c1-17(2)31-25(34)10-13-38-23-8-5-19(15-20(23)28)37-12-3-11-30-27(36)16-39-24-7-4-18(14-21(24)29)22-6-9-26(35)33-32-22/h4-5,7-8,14-15,17,25,31,34H,3,6,9-13,16H2,1-2H3,(H,30,36)(H,33,35). The number of amides is 2. The number of hydrogen-bond acceptors (Lipinski definition) is 8. The molecule has 4 N–H and O–H groups in total. The van der Waals surface area contributed by atoms with Gasteiger partial charge < -0.3 is 24.6 Å². The van der Waals surface area contributed by atoms with Crippen molar-refractivity contribution in [1.82, 2.24) is 16.1 Å². The maximum absolute atomic E-state index is 12.1. The number of nitrogens with zero attached hydrogens (tertiary/aromatic N) is 1. The van der Waals surface area contributed by atoms with Crippen LogP contribution in [0, 0.1) is 0 Å². The van der Waals surface area contributed by atoms with Crippen molar-refractivity contribution in [1.29, 1.82) is 0 Å². The fourth-order valence-corrected chi connectivity index (χ4v) is 4.31. The number of benzene rings is 2. The molecular weight excluding hydrogens is 592 g/mol. The normalized spacial score (nSPS) is 13.9. The van der Waals surface area contributed by atoms with Crippen LogP contribution in [0.3, 0.4) is 0 Å². The number of aliphatic hydroxyl groups is 1. The van der Waals surface area contributed by atoms with Crippen molar-refractivity contribution >= 4 is 45.1 Å². The van der Waals surface area contributed by atoms with Gasteiger partial charge >= 0.3 is 0 Å². The minimum absolute atomic E-state index is 0.112. The zero-order valence-electron chi connectivity index (χ0n) is 22.0. The van der Waals surface area contributed by atoms with Gasteiger partial charge in [0, 0.05) is 31.8 Å². The molecule has 1 heterocycles. The molecule has 2 amide bonds. The third-order valence-electron chi connectivity index (χ3n) is 5.52. The molecule has 212 valence electrons. The lowest BCUT2D eigenvalue weighted by atomic mass is 10.0. The lowest BCUT2D eigenvalue weighted by molar-refractivity contribution is -0.123. The van der Waals surface area contributed by atoms with Crippen LogP contribution in [0.25, 0.3) is 0 Å². The summed E-state index contributed by atoms with van der Waals surface area (Å²) >= 11 is 9.78. The zero-order valence-corrected chi connectivity index (χ0v) is 24.3. The molecule has 39 heavy (non-hydrogen) atoms. The molecule has 0 radical (unpaired) electrons. The van der Waals surface area contributed by atoms with Gasteiger partial charge in [-0.05, 0) is 78.2 Å². The Morgan fingerprint density at radius 1 is 1.13 bits per heavy atom. The van der Waals surface area contributed by atoms with Crippen molar-refractivity contribution in [2.45, 2.75) is 51.8 Å². The Balaban J connectivity index is 1.31. The third kappa shape index (κ3) is 10.7. The van der Waals surface area contributed by atoms with Crippen molar-refractivity contribution in [2.75, 3.05) is 26.4 Å². The second kappa shape index (κ2) is 15.7. The molecule has 0 bridgehead atoms. The largest absolute Gasteiger partial charge is 0.493 e. The average molecular weight is 626 g/mol. The summed E-state index contributed by atoms with van der Waals surface area (Å²) in [6.07, 6.45) is 1.38. The zero-order chi connectivity index (χ0) is 28.2. The maximum Gasteiger partial charge on any atom is 0.257 e. The smallest absolute Gasteiger partial charge is 0.257 e. The molecule has 0 aromatic heterocycles. The molecule has 0 spiro atoms. The molecule has 0 fully saturated rings. The summed E-state index contributed by atoms with van der Waals surface area (Å²) in [4.78, 5) is 23.4. The van der Waals surface area contributed by atoms with Crippen LogP contribution in [0.5, 0.6) is 17.2 Å². The first-order chi connectivity index (χ1) is 18.7. The summed E-state index contributed by atoms with van der Waals surface area (Å²) in [5, 5.41) is 20.1. The Morgan fingerprint density at radius 3 is 2.62 bits per heavy atom. The molecule has 3 rings (SSSR count). The topological polar surface area (TPSA) is 131 Å². The molecule has 12 heteroatoms. The first kappa shape index (κ1) is 30.7. The van der Waals surface area contributed by atoms with Crippen molar-refractivity contribution in [3.63, 3.8) is 0 Å². The molecule has 1 aliphatic rings. The fraction of sp³-hybridized carbons (Fsp3) is 0.444. The summed E-state index contributed by atoms with van der Waals surface area (Å²) in [6, 6.07) is 10.8. The molecule has 1 unspecified atom stereocenters. The molecular formula is C27H34BrClN4O6. The van der Waals surface area contributed by atoms with Gasteiger partial charge in [-0.2, -0.15) is 5.10 Å². The van der Waals surface area contributed by atoms with E-state index < -0.39 is 6.23 Å². The Kier molecular flexibility index (Phi) is 12.3. The van der Waals surface area contributed by atoms with Crippen LogP contribution >= 0.6 is 27.5 Å². The number of carbonyl (C=O) groups excluding carboxylic acids is 2. The highest BCUT2D eigenvalue weighted by atomic mass is 79.9. The first-order valence-corrected chi connectivity index (χ1v) is 13.9. The highest BCUT2D eigenvalue weighted by Gasteiger charge is 2.15. The monoisotopic (exact) mass is 624 g/mol. The van der Waals surface area contributed by atoms with Crippen molar-refractivity contribution in [2.24, 2.45) is 5.10 Å². The number of hydrogen-bond donors (Lipinski definition) is 4. The van der Waals surface area contributed by atoms with Crippen LogP contribution in [0.2, 0.25) is 5.02 Å². The molecule has 2 aromatic rings. The molecule has 1 aliphatic heterocycles. The van der Waals surface area contributed by atoms with E-state index in [1.54, 1.807) is 30.3 Å². The highest BCUT2D eigenvalue weighted by Crippen LogP contribution is 2.29. The van der Waals surface area contributed by atoms with Gasteiger partial charge in [-0.25, -0.2) is 5.43 Å². The quantitative estimate of drug-likeness (QED) is 0.175. The fourth-order valence-electron chi connectivity index (χ4n) is 3.60. The van der Waals surface area contributed by atoms with E-state index in [0.29, 0.717) is 67.7 Å². The number of ether oxygens (including phenoxy) is 3. The van der Waals surface area contributed by atoms with E-state index in [9.17, 15) is 14.7 Å². The SMILES string of the molecule is CC(C)NC(O)CCOc1ccc(OCCCNC(=O)COc2ccc(C3=NNC(=O)CC3)cc2Cl)cc1Br. The summed E-state index contributed by atoms with van der Waals surface area (Å²) < 4.78 is 17.8. The predicted octanol–water partition coefficient (Wildman–Crippen LogP) is 3.77. The van der Waals surface area contributed by atoms with E-state index in [4.69, 9.17) is 25.8 Å². The van der Waals surface area contributed by atoms with E-state index >= 15 is 0 Å². The molecule has 10 nitrogen and oxygen atoms in total. The number of nitrogens with one attached hydrogen (secondary N) is 3. The van der Waals surface area contributed by atoms with Crippen molar-refractivity contribution < 1.29 is 28.9 Å². The van der Waals surface area contributed by atoms with Crippen LogP contribution in [-0.2, 0) is 9.59 Å². The molecule has 0 saturated heterocycles. The van der Waals surface area contributed by atoms with Gasteiger partial charge in [-0.15, -0.1) is 0 Å². The lowest BCUT2D eigenvalue weighted by Gasteiger charge is -2.16. The molecule has 1 atom stereocenters. The second-order valence-electron chi connectivity index (χ2n) is 9.15. The summed E-state index contributed by atoms with van der Waals surface area (Å²) in [7, 11) is 0. The highest BCUT2D eigenvalue weighted by molar-refractivity contribution is 9.10. The average Bonchev–Trinajstić information content (AvgIpc) is 2.89. The molecule has 0 aliphatic carbocycles. The number of rotatable bonds is 15. The van der Waals surface area contributed by atoms with Crippen molar-refractivity contribution in [3.8, 4) is 17.2 Å². The van der Waals surface area contributed by atoms with Crippen LogP contribution < -0.4 is 30.3 Å².